The Hall–Kier alpha value is -4.55. The molecule has 0 radical (unpaired) electrons. The normalized spacial score (nSPS) is 14.1. The number of rotatable bonds is 9. The summed E-state index contributed by atoms with van der Waals surface area (Å²) in [5.41, 5.74) is 0.213. The molecule has 0 bridgehead atoms. The summed E-state index contributed by atoms with van der Waals surface area (Å²) < 4.78 is 77.8. The van der Waals surface area contributed by atoms with Crippen LogP contribution in [-0.2, 0) is 22.6 Å². The number of nitriles is 1. The van der Waals surface area contributed by atoms with Gasteiger partial charge in [-0.3, -0.25) is 4.79 Å². The molecular formula is C29H30F3N7O4S. The second kappa shape index (κ2) is 11.5. The van der Waals surface area contributed by atoms with Crippen molar-refractivity contribution in [2.45, 2.75) is 50.7 Å². The van der Waals surface area contributed by atoms with E-state index in [4.69, 9.17) is 15.8 Å². The van der Waals surface area contributed by atoms with E-state index in [9.17, 15) is 26.4 Å². The Bertz CT molecular complexity index is 1960. The van der Waals surface area contributed by atoms with Crippen LogP contribution in [0.2, 0.25) is 0 Å². The van der Waals surface area contributed by atoms with E-state index in [0.717, 1.165) is 28.9 Å². The molecule has 3 heterocycles. The maximum absolute atomic E-state index is 13.4. The van der Waals surface area contributed by atoms with Crippen LogP contribution in [0.25, 0.3) is 16.9 Å². The van der Waals surface area contributed by atoms with E-state index in [1.807, 2.05) is 13.0 Å². The number of benzene rings is 2. The van der Waals surface area contributed by atoms with Gasteiger partial charge in [0.2, 0.25) is 10.0 Å². The molecule has 11 nitrogen and oxygen atoms in total. The monoisotopic (exact) mass is 629 g/mol. The smallest absolute Gasteiger partial charge is 0.417 e. The number of halogens is 3. The SMILES string of the molecule is CCCc1cc(C)c2c(=O)n(N)c(-c3cc(S(=O)(=O)NC4CN(c5ccc(C#N)c(C(F)(F)F)c5)C4)ccc3OCC)nn12. The van der Waals surface area contributed by atoms with Crippen molar-refractivity contribution < 1.29 is 26.3 Å². The minimum Gasteiger partial charge on any atom is -0.493 e. The average Bonchev–Trinajstić information content (AvgIpc) is 3.26. The second-order valence-electron chi connectivity index (χ2n) is 10.5. The van der Waals surface area contributed by atoms with Gasteiger partial charge in [-0.2, -0.15) is 18.4 Å². The number of hydrogen-bond donors (Lipinski definition) is 2. The van der Waals surface area contributed by atoms with Crippen molar-refractivity contribution in [1.29, 1.82) is 5.26 Å². The highest BCUT2D eigenvalue weighted by Gasteiger charge is 2.36. The van der Waals surface area contributed by atoms with Crippen LogP contribution in [0.15, 0.2) is 52.2 Å². The maximum Gasteiger partial charge on any atom is 0.417 e. The molecule has 4 aromatic rings. The van der Waals surface area contributed by atoms with E-state index in [2.05, 4.69) is 9.82 Å². The molecule has 3 N–H and O–H groups in total. The van der Waals surface area contributed by atoms with Crippen molar-refractivity contribution in [3.8, 4) is 23.2 Å². The van der Waals surface area contributed by atoms with Crippen molar-refractivity contribution in [2.24, 2.45) is 0 Å². The van der Waals surface area contributed by atoms with Crippen LogP contribution in [0.4, 0.5) is 18.9 Å². The van der Waals surface area contributed by atoms with Crippen LogP contribution < -0.4 is 25.8 Å². The first-order valence-electron chi connectivity index (χ1n) is 13.8. The minimum atomic E-state index is -4.70. The van der Waals surface area contributed by atoms with Gasteiger partial charge in [-0.1, -0.05) is 13.3 Å². The summed E-state index contributed by atoms with van der Waals surface area (Å²) in [5.74, 6) is 6.49. The largest absolute Gasteiger partial charge is 0.493 e. The minimum absolute atomic E-state index is 0.00653. The Balaban J connectivity index is 1.45. The average molecular weight is 630 g/mol. The van der Waals surface area contributed by atoms with E-state index in [-0.39, 0.29) is 47.4 Å². The van der Waals surface area contributed by atoms with Gasteiger partial charge in [0.1, 0.15) is 11.3 Å². The van der Waals surface area contributed by atoms with Crippen molar-refractivity contribution in [3.05, 3.63) is 75.2 Å². The number of nitrogens with two attached hydrogens (primary N) is 1. The molecule has 0 spiro atoms. The number of nitrogen functional groups attached to an aromatic ring is 1. The third kappa shape index (κ3) is 5.58. The molecule has 44 heavy (non-hydrogen) atoms. The molecule has 0 atom stereocenters. The van der Waals surface area contributed by atoms with Crippen LogP contribution in [0.5, 0.6) is 5.75 Å². The number of aromatic nitrogens is 3. The Morgan fingerprint density at radius 1 is 1.16 bits per heavy atom. The van der Waals surface area contributed by atoms with E-state index in [0.29, 0.717) is 17.5 Å². The number of sulfonamides is 1. The summed E-state index contributed by atoms with van der Waals surface area (Å²) in [6, 6.07) is 10.3. The van der Waals surface area contributed by atoms with Gasteiger partial charge in [-0.15, -0.1) is 5.10 Å². The molecule has 0 saturated carbocycles. The zero-order chi connectivity index (χ0) is 32.0. The lowest BCUT2D eigenvalue weighted by atomic mass is 10.0. The summed E-state index contributed by atoms with van der Waals surface area (Å²) in [5, 5.41) is 13.7. The van der Waals surface area contributed by atoms with Crippen molar-refractivity contribution in [2.75, 3.05) is 30.4 Å². The first kappa shape index (κ1) is 30.9. The Labute approximate surface area is 251 Å². The number of hydrogen-bond acceptors (Lipinski definition) is 8. The van der Waals surface area contributed by atoms with Crippen LogP contribution in [0.1, 0.15) is 42.7 Å². The van der Waals surface area contributed by atoms with Gasteiger partial charge in [0, 0.05) is 24.5 Å². The van der Waals surface area contributed by atoms with Crippen LogP contribution >= 0.6 is 0 Å². The number of alkyl halides is 3. The third-order valence-electron chi connectivity index (χ3n) is 7.39. The molecular weight excluding hydrogens is 599 g/mol. The highest BCUT2D eigenvalue weighted by molar-refractivity contribution is 7.89. The summed E-state index contributed by atoms with van der Waals surface area (Å²) in [6.07, 6.45) is -3.24. The lowest BCUT2D eigenvalue weighted by molar-refractivity contribution is -0.137. The number of fused-ring (bicyclic) bond motifs is 1. The summed E-state index contributed by atoms with van der Waals surface area (Å²) >= 11 is 0. The number of nitrogens with zero attached hydrogens (tertiary/aromatic N) is 5. The summed E-state index contributed by atoms with van der Waals surface area (Å²) in [6.45, 7) is 6.02. The van der Waals surface area contributed by atoms with Gasteiger partial charge in [0.05, 0.1) is 40.3 Å². The van der Waals surface area contributed by atoms with Gasteiger partial charge in [0.15, 0.2) is 5.82 Å². The number of aryl methyl sites for hydroxylation is 2. The Kier molecular flexibility index (Phi) is 8.08. The van der Waals surface area contributed by atoms with Gasteiger partial charge in [-0.05, 0) is 68.3 Å². The predicted molar refractivity (Wildman–Crippen MR) is 157 cm³/mol. The number of anilines is 1. The Morgan fingerprint density at radius 3 is 2.52 bits per heavy atom. The van der Waals surface area contributed by atoms with Gasteiger partial charge >= 0.3 is 6.18 Å². The Morgan fingerprint density at radius 2 is 1.89 bits per heavy atom. The zero-order valence-corrected chi connectivity index (χ0v) is 25.0. The van der Waals surface area contributed by atoms with Crippen molar-refractivity contribution in [3.63, 3.8) is 0 Å². The molecule has 5 rings (SSSR count). The molecule has 0 unspecified atom stereocenters. The molecule has 1 aliphatic rings. The van der Waals surface area contributed by atoms with Gasteiger partial charge < -0.3 is 15.5 Å². The lowest BCUT2D eigenvalue weighted by Gasteiger charge is -2.41. The van der Waals surface area contributed by atoms with Gasteiger partial charge in [0.25, 0.3) is 5.56 Å². The highest BCUT2D eigenvalue weighted by atomic mass is 32.2. The fourth-order valence-electron chi connectivity index (χ4n) is 5.28. The lowest BCUT2D eigenvalue weighted by Crippen LogP contribution is -2.59. The van der Waals surface area contributed by atoms with Crippen LogP contribution in [-0.4, -0.2) is 48.4 Å². The fraction of sp³-hybridized carbons (Fsp3) is 0.345. The maximum atomic E-state index is 13.4. The van der Waals surface area contributed by atoms with Crippen LogP contribution in [0, 0.1) is 18.3 Å². The van der Waals surface area contributed by atoms with Crippen molar-refractivity contribution >= 4 is 21.2 Å². The molecule has 1 saturated heterocycles. The molecule has 15 heteroatoms. The van der Waals surface area contributed by atoms with Gasteiger partial charge in [-0.25, -0.2) is 22.3 Å². The molecule has 2 aromatic carbocycles. The molecule has 1 fully saturated rings. The standard InChI is InChI=1S/C29H30F3N7O4S/c1-4-6-21-11-17(3)26-28(40)38(34)27(35-39(21)26)23-13-22(9-10-25(23)43-5-2)44(41,42)36-19-15-37(16-19)20-8-7-18(14-33)24(12-20)29(30,31)32/h7-13,19,36H,4-6,15-16,34H2,1-3H3. The summed E-state index contributed by atoms with van der Waals surface area (Å²) in [7, 11) is -4.13. The fourth-order valence-corrected chi connectivity index (χ4v) is 6.52. The molecule has 1 aliphatic heterocycles. The molecule has 232 valence electrons. The highest BCUT2D eigenvalue weighted by Crippen LogP contribution is 2.36. The van der Waals surface area contributed by atoms with E-state index >= 15 is 0 Å². The molecule has 0 amide bonds. The quantitative estimate of drug-likeness (QED) is 0.267. The summed E-state index contributed by atoms with van der Waals surface area (Å²) in [4.78, 5) is 14.7. The predicted octanol–water partition coefficient (Wildman–Crippen LogP) is 3.59. The topological polar surface area (TPSA) is 148 Å². The van der Waals surface area contributed by atoms with E-state index in [1.54, 1.807) is 24.8 Å². The first-order chi connectivity index (χ1) is 20.8. The second-order valence-corrected chi connectivity index (χ2v) is 12.2. The van der Waals surface area contributed by atoms with Crippen molar-refractivity contribution in [1.82, 2.24) is 19.0 Å². The van der Waals surface area contributed by atoms with Crippen LogP contribution in [0.3, 0.4) is 0 Å². The van der Waals surface area contributed by atoms with E-state index in [1.165, 1.54) is 28.8 Å². The number of ether oxygens (including phenoxy) is 1. The third-order valence-corrected chi connectivity index (χ3v) is 8.91. The van der Waals surface area contributed by atoms with E-state index < -0.39 is 38.9 Å². The number of nitrogens with one attached hydrogen (secondary N) is 1. The first-order valence-corrected chi connectivity index (χ1v) is 15.3. The molecule has 2 aromatic heterocycles. The molecule has 0 aliphatic carbocycles. The zero-order valence-electron chi connectivity index (χ0n) is 24.1.